The van der Waals surface area contributed by atoms with Crippen LogP contribution in [0, 0.1) is 0 Å². The molecule has 2 heterocycles. The van der Waals surface area contributed by atoms with Crippen LogP contribution in [0.2, 0.25) is 0 Å². The first-order valence-corrected chi connectivity index (χ1v) is 8.96. The number of fused-ring (bicyclic) bond motifs is 1. The number of thiophene rings is 1. The van der Waals surface area contributed by atoms with Gasteiger partial charge in [0.15, 0.2) is 0 Å². The Morgan fingerprint density at radius 3 is 2.56 bits per heavy atom. The highest BCUT2D eigenvalue weighted by atomic mass is 32.1. The molecule has 0 aliphatic carbocycles. The number of nitrogens with one attached hydrogen (secondary N) is 1. The summed E-state index contributed by atoms with van der Waals surface area (Å²) in [6.07, 6.45) is 1.66. The molecule has 4 nitrogen and oxygen atoms in total. The predicted octanol–water partition coefficient (Wildman–Crippen LogP) is 4.03. The van der Waals surface area contributed by atoms with E-state index in [-0.39, 0.29) is 5.91 Å². The van der Waals surface area contributed by atoms with E-state index in [1.807, 2.05) is 41.8 Å². The van der Waals surface area contributed by atoms with E-state index in [2.05, 4.69) is 39.7 Å². The van der Waals surface area contributed by atoms with E-state index >= 15 is 0 Å². The second-order valence-corrected chi connectivity index (χ2v) is 6.87. The van der Waals surface area contributed by atoms with Crippen molar-refractivity contribution in [3.63, 3.8) is 0 Å². The molecule has 1 N–H and O–H groups in total. The van der Waals surface area contributed by atoms with Crippen LogP contribution < -0.4 is 10.3 Å². The molecule has 1 aromatic heterocycles. The Labute approximate surface area is 150 Å². The first-order valence-electron chi connectivity index (χ1n) is 8.08. The average Bonchev–Trinajstić information content (AvgIpc) is 3.31. The zero-order chi connectivity index (χ0) is 17.1. The summed E-state index contributed by atoms with van der Waals surface area (Å²) in [5, 5.41) is 5.99. The fourth-order valence-corrected chi connectivity index (χ4v) is 3.53. The number of anilines is 1. The lowest BCUT2D eigenvalue weighted by molar-refractivity contribution is 0.0955. The summed E-state index contributed by atoms with van der Waals surface area (Å²) >= 11 is 1.58. The molecule has 25 heavy (non-hydrogen) atoms. The minimum absolute atomic E-state index is 0.202. The van der Waals surface area contributed by atoms with Gasteiger partial charge >= 0.3 is 0 Å². The first kappa shape index (κ1) is 15.6. The van der Waals surface area contributed by atoms with Gasteiger partial charge in [-0.3, -0.25) is 4.79 Å². The molecule has 0 atom stereocenters. The van der Waals surface area contributed by atoms with Gasteiger partial charge in [0.05, 0.1) is 6.21 Å². The Morgan fingerprint density at radius 1 is 1.04 bits per heavy atom. The number of hydrogen-bond donors (Lipinski definition) is 1. The lowest BCUT2D eigenvalue weighted by Crippen LogP contribution is -2.19. The number of carbonyl (C=O) groups is 1. The SMILES string of the molecule is O=C(N/N=C\c1cccs1)c1cccc(N2Cc3ccccc3C2)c1. The summed E-state index contributed by atoms with van der Waals surface area (Å²) in [5.41, 5.74) is 6.94. The van der Waals surface area contributed by atoms with E-state index < -0.39 is 0 Å². The molecule has 3 aromatic rings. The second-order valence-electron chi connectivity index (χ2n) is 5.89. The van der Waals surface area contributed by atoms with Gasteiger partial charge in [0, 0.05) is 29.2 Å². The van der Waals surface area contributed by atoms with E-state index in [4.69, 9.17) is 0 Å². The summed E-state index contributed by atoms with van der Waals surface area (Å²) in [7, 11) is 0. The zero-order valence-corrected chi connectivity index (χ0v) is 14.4. The van der Waals surface area contributed by atoms with Crippen LogP contribution in [0.5, 0.6) is 0 Å². The molecule has 0 saturated carbocycles. The van der Waals surface area contributed by atoms with Crippen molar-refractivity contribution in [3.8, 4) is 0 Å². The summed E-state index contributed by atoms with van der Waals surface area (Å²) in [5.74, 6) is -0.202. The molecule has 0 saturated heterocycles. The average molecular weight is 347 g/mol. The summed E-state index contributed by atoms with van der Waals surface area (Å²) in [6, 6.07) is 20.0. The molecule has 1 aliphatic rings. The third-order valence-electron chi connectivity index (χ3n) is 4.22. The Kier molecular flexibility index (Phi) is 4.31. The zero-order valence-electron chi connectivity index (χ0n) is 13.6. The molecule has 124 valence electrons. The first-order chi connectivity index (χ1) is 12.3. The maximum absolute atomic E-state index is 12.3. The van der Waals surface area contributed by atoms with Crippen LogP contribution in [-0.4, -0.2) is 12.1 Å². The van der Waals surface area contributed by atoms with E-state index in [0.717, 1.165) is 23.7 Å². The van der Waals surface area contributed by atoms with Crippen molar-refractivity contribution in [2.24, 2.45) is 5.10 Å². The lowest BCUT2D eigenvalue weighted by atomic mass is 10.1. The second kappa shape index (κ2) is 6.91. The topological polar surface area (TPSA) is 44.7 Å². The van der Waals surface area contributed by atoms with E-state index in [1.54, 1.807) is 17.6 Å². The van der Waals surface area contributed by atoms with Gasteiger partial charge in [-0.25, -0.2) is 5.43 Å². The van der Waals surface area contributed by atoms with E-state index in [1.165, 1.54) is 11.1 Å². The van der Waals surface area contributed by atoms with Crippen LogP contribution in [0.4, 0.5) is 5.69 Å². The van der Waals surface area contributed by atoms with Crippen molar-refractivity contribution < 1.29 is 4.79 Å². The number of carbonyl (C=O) groups excluding carboxylic acids is 1. The Bertz CT molecular complexity index is 893. The highest BCUT2D eigenvalue weighted by Gasteiger charge is 2.19. The Morgan fingerprint density at radius 2 is 1.84 bits per heavy atom. The number of hydrogen-bond acceptors (Lipinski definition) is 4. The van der Waals surface area contributed by atoms with Crippen molar-refractivity contribution in [2.45, 2.75) is 13.1 Å². The number of rotatable bonds is 4. The Hall–Kier alpha value is -2.92. The van der Waals surface area contributed by atoms with Crippen molar-refractivity contribution in [2.75, 3.05) is 4.90 Å². The van der Waals surface area contributed by atoms with Crippen LogP contribution in [0.25, 0.3) is 0 Å². The largest absolute Gasteiger partial charge is 0.363 e. The summed E-state index contributed by atoms with van der Waals surface area (Å²) < 4.78 is 0. The molecule has 0 fully saturated rings. The van der Waals surface area contributed by atoms with Crippen LogP contribution in [0.3, 0.4) is 0 Å². The van der Waals surface area contributed by atoms with E-state index in [9.17, 15) is 4.79 Å². The molecule has 1 amide bonds. The van der Waals surface area contributed by atoms with Crippen molar-refractivity contribution >= 4 is 29.1 Å². The highest BCUT2D eigenvalue weighted by molar-refractivity contribution is 7.11. The van der Waals surface area contributed by atoms with Crippen molar-refractivity contribution in [1.82, 2.24) is 5.43 Å². The standard InChI is InChI=1S/C20H17N3OS/c24-20(22-21-12-19-9-4-10-25-19)15-7-3-8-18(11-15)23-13-16-5-1-2-6-17(16)14-23/h1-12H,13-14H2,(H,22,24)/b21-12-. The summed E-state index contributed by atoms with van der Waals surface area (Å²) in [4.78, 5) is 15.6. The van der Waals surface area contributed by atoms with Crippen molar-refractivity contribution in [3.05, 3.63) is 87.6 Å². The molecular formula is C20H17N3OS. The molecule has 4 rings (SSSR count). The maximum atomic E-state index is 12.3. The fraction of sp³-hybridized carbons (Fsp3) is 0.100. The van der Waals surface area contributed by atoms with Crippen LogP contribution >= 0.6 is 11.3 Å². The quantitative estimate of drug-likeness (QED) is 0.572. The number of amides is 1. The van der Waals surface area contributed by atoms with Gasteiger partial charge in [0.1, 0.15) is 0 Å². The number of nitrogens with zero attached hydrogens (tertiary/aromatic N) is 2. The third-order valence-corrected chi connectivity index (χ3v) is 5.02. The van der Waals surface area contributed by atoms with Gasteiger partial charge in [0.25, 0.3) is 5.91 Å². The maximum Gasteiger partial charge on any atom is 0.271 e. The van der Waals surface area contributed by atoms with Gasteiger partial charge in [-0.1, -0.05) is 36.4 Å². The van der Waals surface area contributed by atoms with Crippen LogP contribution in [-0.2, 0) is 13.1 Å². The highest BCUT2D eigenvalue weighted by Crippen LogP contribution is 2.28. The molecule has 5 heteroatoms. The van der Waals surface area contributed by atoms with Crippen molar-refractivity contribution in [1.29, 1.82) is 0 Å². The van der Waals surface area contributed by atoms with Gasteiger partial charge in [-0.2, -0.15) is 5.10 Å². The third kappa shape index (κ3) is 3.46. The Balaban J connectivity index is 1.46. The van der Waals surface area contributed by atoms with Crippen LogP contribution in [0.15, 0.2) is 71.1 Å². The number of hydrazone groups is 1. The number of benzene rings is 2. The lowest BCUT2D eigenvalue weighted by Gasteiger charge is -2.18. The normalized spacial score (nSPS) is 13.2. The molecule has 0 spiro atoms. The molecule has 0 bridgehead atoms. The summed E-state index contributed by atoms with van der Waals surface area (Å²) in [6.45, 7) is 1.75. The predicted molar refractivity (Wildman–Crippen MR) is 102 cm³/mol. The monoisotopic (exact) mass is 347 g/mol. The molecule has 0 unspecified atom stereocenters. The van der Waals surface area contributed by atoms with E-state index in [0.29, 0.717) is 5.56 Å². The molecule has 1 aliphatic heterocycles. The van der Waals surface area contributed by atoms with Crippen LogP contribution in [0.1, 0.15) is 26.4 Å². The van der Waals surface area contributed by atoms with Gasteiger partial charge in [-0.15, -0.1) is 11.3 Å². The van der Waals surface area contributed by atoms with Gasteiger partial charge in [0.2, 0.25) is 0 Å². The molecule has 2 aromatic carbocycles. The smallest absolute Gasteiger partial charge is 0.271 e. The molecule has 0 radical (unpaired) electrons. The fourth-order valence-electron chi connectivity index (χ4n) is 2.94. The van der Waals surface area contributed by atoms with Gasteiger partial charge in [-0.05, 0) is 40.8 Å². The minimum Gasteiger partial charge on any atom is -0.363 e. The van der Waals surface area contributed by atoms with Gasteiger partial charge < -0.3 is 4.90 Å². The molecular weight excluding hydrogens is 330 g/mol. The minimum atomic E-state index is -0.202.